The largest absolute Gasteiger partial charge is 0.354 e. The Morgan fingerprint density at radius 2 is 1.75 bits per heavy atom. The summed E-state index contributed by atoms with van der Waals surface area (Å²) in [5.41, 5.74) is 3.59. The van der Waals surface area contributed by atoms with E-state index in [1.165, 1.54) is 27.8 Å². The summed E-state index contributed by atoms with van der Waals surface area (Å²) in [6.45, 7) is 8.25. The van der Waals surface area contributed by atoms with E-state index in [1.54, 1.807) is 26.0 Å². The minimum absolute atomic E-state index is 0.184. The second kappa shape index (κ2) is 9.83. The SMILES string of the molecule is CCN(CC)S(=O)(=O)c1ccc2c(c1)C[C@H](C(=O)NCCc1ccc(C)cc1)N2C(C)=O. The fourth-order valence-electron chi connectivity index (χ4n) is 4.10. The molecule has 0 saturated carbocycles. The predicted octanol–water partition coefficient (Wildman–Crippen LogP) is 2.66. The molecule has 0 fully saturated rings. The number of anilines is 1. The van der Waals surface area contributed by atoms with Crippen molar-refractivity contribution in [3.63, 3.8) is 0 Å². The highest BCUT2D eigenvalue weighted by Gasteiger charge is 2.37. The van der Waals surface area contributed by atoms with Crippen LogP contribution in [0.1, 0.15) is 37.5 Å². The van der Waals surface area contributed by atoms with Crippen LogP contribution in [0.5, 0.6) is 0 Å². The predicted molar refractivity (Wildman–Crippen MR) is 125 cm³/mol. The first-order valence-electron chi connectivity index (χ1n) is 10.9. The fraction of sp³-hybridized carbons (Fsp3) is 0.417. The summed E-state index contributed by atoms with van der Waals surface area (Å²) in [5.74, 6) is -0.488. The van der Waals surface area contributed by atoms with Gasteiger partial charge in [0.05, 0.1) is 4.90 Å². The molecule has 7 nitrogen and oxygen atoms in total. The lowest BCUT2D eigenvalue weighted by atomic mass is 10.1. The van der Waals surface area contributed by atoms with Crippen molar-refractivity contribution in [3.05, 3.63) is 59.2 Å². The van der Waals surface area contributed by atoms with Crippen LogP contribution in [0.2, 0.25) is 0 Å². The van der Waals surface area contributed by atoms with Crippen LogP contribution in [0.3, 0.4) is 0 Å². The maximum Gasteiger partial charge on any atom is 0.243 e. The number of rotatable bonds is 8. The number of carbonyl (C=O) groups is 2. The van der Waals surface area contributed by atoms with Crippen LogP contribution >= 0.6 is 0 Å². The Kier molecular flexibility index (Phi) is 7.36. The van der Waals surface area contributed by atoms with Gasteiger partial charge in [0.15, 0.2) is 0 Å². The fourth-order valence-corrected chi connectivity index (χ4v) is 5.61. The van der Waals surface area contributed by atoms with Crippen molar-refractivity contribution in [2.45, 2.75) is 51.5 Å². The summed E-state index contributed by atoms with van der Waals surface area (Å²) in [6.07, 6.45) is 0.977. The van der Waals surface area contributed by atoms with Crippen molar-refractivity contribution < 1.29 is 18.0 Å². The van der Waals surface area contributed by atoms with Gasteiger partial charge in [-0.15, -0.1) is 0 Å². The van der Waals surface area contributed by atoms with E-state index in [0.29, 0.717) is 37.3 Å². The van der Waals surface area contributed by atoms with Crippen molar-refractivity contribution in [1.82, 2.24) is 9.62 Å². The van der Waals surface area contributed by atoms with Gasteiger partial charge in [0.1, 0.15) is 6.04 Å². The molecular formula is C24H31N3O4S. The molecule has 3 rings (SSSR count). The molecule has 0 unspecified atom stereocenters. The number of benzene rings is 2. The Balaban J connectivity index is 1.76. The van der Waals surface area contributed by atoms with Gasteiger partial charge in [-0.3, -0.25) is 14.5 Å². The molecule has 1 N–H and O–H groups in total. The van der Waals surface area contributed by atoms with E-state index < -0.39 is 16.1 Å². The lowest BCUT2D eigenvalue weighted by Crippen LogP contribution is -2.47. The molecule has 32 heavy (non-hydrogen) atoms. The molecule has 0 aromatic heterocycles. The monoisotopic (exact) mass is 457 g/mol. The molecule has 0 bridgehead atoms. The topological polar surface area (TPSA) is 86.8 Å². The Hall–Kier alpha value is -2.71. The first-order chi connectivity index (χ1) is 15.2. The minimum Gasteiger partial charge on any atom is -0.354 e. The van der Waals surface area contributed by atoms with Crippen molar-refractivity contribution in [3.8, 4) is 0 Å². The van der Waals surface area contributed by atoms with Crippen LogP contribution in [0, 0.1) is 6.92 Å². The summed E-state index contributed by atoms with van der Waals surface area (Å²) in [7, 11) is -3.62. The van der Waals surface area contributed by atoms with E-state index in [2.05, 4.69) is 5.32 Å². The van der Waals surface area contributed by atoms with Crippen LogP contribution in [-0.2, 0) is 32.5 Å². The van der Waals surface area contributed by atoms with E-state index in [0.717, 1.165) is 5.56 Å². The quantitative estimate of drug-likeness (QED) is 0.660. The van der Waals surface area contributed by atoms with Gasteiger partial charge >= 0.3 is 0 Å². The maximum atomic E-state index is 12.9. The van der Waals surface area contributed by atoms with Gasteiger partial charge < -0.3 is 5.32 Å². The third-order valence-corrected chi connectivity index (χ3v) is 7.90. The Labute approximate surface area is 190 Å². The zero-order valence-corrected chi connectivity index (χ0v) is 19.9. The molecule has 8 heteroatoms. The lowest BCUT2D eigenvalue weighted by molar-refractivity contribution is -0.125. The number of nitrogens with zero attached hydrogens (tertiary/aromatic N) is 2. The number of nitrogens with one attached hydrogen (secondary N) is 1. The first-order valence-corrected chi connectivity index (χ1v) is 12.4. The average molecular weight is 458 g/mol. The van der Waals surface area contributed by atoms with E-state index in [1.807, 2.05) is 31.2 Å². The summed E-state index contributed by atoms with van der Waals surface area (Å²) in [5, 5.41) is 2.93. The van der Waals surface area contributed by atoms with Gasteiger partial charge in [-0.1, -0.05) is 43.7 Å². The molecular weight excluding hydrogens is 426 g/mol. The molecule has 172 valence electrons. The molecule has 0 radical (unpaired) electrons. The van der Waals surface area contributed by atoms with Gasteiger partial charge in [0, 0.05) is 38.7 Å². The van der Waals surface area contributed by atoms with E-state index in [9.17, 15) is 18.0 Å². The van der Waals surface area contributed by atoms with Gasteiger partial charge in [-0.05, 0) is 42.7 Å². The van der Waals surface area contributed by atoms with Crippen molar-refractivity contribution in [2.24, 2.45) is 0 Å². The Morgan fingerprint density at radius 3 is 2.34 bits per heavy atom. The number of sulfonamides is 1. The number of aryl methyl sites for hydroxylation is 1. The molecule has 2 aromatic carbocycles. The molecule has 0 spiro atoms. The van der Waals surface area contributed by atoms with Crippen LogP contribution in [0.4, 0.5) is 5.69 Å². The van der Waals surface area contributed by atoms with Crippen LogP contribution in [0.25, 0.3) is 0 Å². The van der Waals surface area contributed by atoms with E-state index >= 15 is 0 Å². The molecule has 1 aliphatic heterocycles. The summed E-state index contributed by atoms with van der Waals surface area (Å²) in [4.78, 5) is 26.9. The third-order valence-electron chi connectivity index (χ3n) is 5.85. The number of carbonyl (C=O) groups excluding carboxylic acids is 2. The van der Waals surface area contributed by atoms with Gasteiger partial charge in [0.2, 0.25) is 21.8 Å². The molecule has 1 aliphatic rings. The molecule has 1 heterocycles. The highest BCUT2D eigenvalue weighted by atomic mass is 32.2. The van der Waals surface area contributed by atoms with Crippen LogP contribution in [-0.4, -0.2) is 50.2 Å². The normalized spacial score (nSPS) is 15.7. The van der Waals surface area contributed by atoms with Gasteiger partial charge in [-0.2, -0.15) is 4.31 Å². The second-order valence-corrected chi connectivity index (χ2v) is 9.95. The number of fused-ring (bicyclic) bond motifs is 1. The standard InChI is InChI=1S/C24H31N3O4S/c1-5-26(6-2)32(30,31)21-11-12-22-20(15-21)16-23(27(22)18(4)28)24(29)25-14-13-19-9-7-17(3)8-10-19/h7-12,15,23H,5-6,13-14,16H2,1-4H3,(H,25,29)/t23-/m1/s1. The number of hydrogen-bond acceptors (Lipinski definition) is 4. The minimum atomic E-state index is -3.62. The van der Waals surface area contributed by atoms with Crippen molar-refractivity contribution in [1.29, 1.82) is 0 Å². The smallest absolute Gasteiger partial charge is 0.243 e. The molecule has 2 aromatic rings. The molecule has 0 aliphatic carbocycles. The molecule has 1 atom stereocenters. The van der Waals surface area contributed by atoms with E-state index in [4.69, 9.17) is 0 Å². The van der Waals surface area contributed by atoms with Crippen molar-refractivity contribution in [2.75, 3.05) is 24.5 Å². The van der Waals surface area contributed by atoms with Gasteiger partial charge in [0.25, 0.3) is 0 Å². The van der Waals surface area contributed by atoms with Gasteiger partial charge in [-0.25, -0.2) is 8.42 Å². The Morgan fingerprint density at radius 1 is 1.09 bits per heavy atom. The Bertz CT molecular complexity index is 1090. The third kappa shape index (κ3) is 4.86. The first kappa shape index (κ1) is 23.9. The number of amides is 2. The van der Waals surface area contributed by atoms with E-state index in [-0.39, 0.29) is 23.1 Å². The summed E-state index contributed by atoms with van der Waals surface area (Å²) >= 11 is 0. The average Bonchev–Trinajstić information content (AvgIpc) is 3.15. The maximum absolute atomic E-state index is 12.9. The summed E-state index contributed by atoms with van der Waals surface area (Å²) < 4.78 is 27.2. The second-order valence-electron chi connectivity index (χ2n) is 8.02. The molecule has 0 saturated heterocycles. The number of hydrogen-bond donors (Lipinski definition) is 1. The van der Waals surface area contributed by atoms with Crippen molar-refractivity contribution >= 4 is 27.5 Å². The highest BCUT2D eigenvalue weighted by Crippen LogP contribution is 2.34. The zero-order valence-electron chi connectivity index (χ0n) is 19.1. The van der Waals surface area contributed by atoms with Crippen LogP contribution in [0.15, 0.2) is 47.4 Å². The highest BCUT2D eigenvalue weighted by molar-refractivity contribution is 7.89. The molecule has 2 amide bonds. The van der Waals surface area contributed by atoms with Crippen LogP contribution < -0.4 is 10.2 Å². The summed E-state index contributed by atoms with van der Waals surface area (Å²) in [6, 6.07) is 12.2. The lowest BCUT2D eigenvalue weighted by Gasteiger charge is -2.23. The zero-order chi connectivity index (χ0) is 23.5.